The molecule has 0 saturated heterocycles. The highest BCUT2D eigenvalue weighted by atomic mass is 16.6. The first-order valence-electron chi connectivity index (χ1n) is 13.8. The number of fused-ring (bicyclic) bond motifs is 1. The molecule has 0 fully saturated rings. The number of carbonyl (C=O) groups is 3. The minimum Gasteiger partial charge on any atom is -0.444 e. The van der Waals surface area contributed by atoms with Gasteiger partial charge in [-0.1, -0.05) is 18.2 Å². The number of aryl methyl sites for hydroxylation is 1. The number of hydrogen-bond acceptors (Lipinski definition) is 8. The molecule has 1 unspecified atom stereocenters. The molecule has 0 aliphatic rings. The summed E-state index contributed by atoms with van der Waals surface area (Å²) >= 11 is 0. The van der Waals surface area contributed by atoms with E-state index in [1.807, 2.05) is 13.0 Å². The Morgan fingerprint density at radius 1 is 1.07 bits per heavy atom. The van der Waals surface area contributed by atoms with Gasteiger partial charge in [0.05, 0.1) is 11.1 Å². The monoisotopic (exact) mass is 585 g/mol. The van der Waals surface area contributed by atoms with E-state index in [0.717, 1.165) is 11.1 Å². The first-order chi connectivity index (χ1) is 20.4. The molecule has 1 aromatic carbocycles. The van der Waals surface area contributed by atoms with Crippen molar-refractivity contribution >= 4 is 40.4 Å². The van der Waals surface area contributed by atoms with Crippen LogP contribution in [0.3, 0.4) is 0 Å². The number of benzene rings is 1. The van der Waals surface area contributed by atoms with Gasteiger partial charge in [0.1, 0.15) is 28.7 Å². The number of hydrogen-bond donors (Lipinski definition) is 4. The van der Waals surface area contributed by atoms with Crippen LogP contribution in [-0.2, 0) is 22.5 Å². The molecule has 4 rings (SSSR count). The molecular formula is C31H35N7O5. The molecule has 5 N–H and O–H groups in total. The van der Waals surface area contributed by atoms with Crippen molar-refractivity contribution < 1.29 is 19.1 Å². The smallest absolute Gasteiger partial charge is 0.408 e. The van der Waals surface area contributed by atoms with Crippen molar-refractivity contribution in [2.75, 3.05) is 18.1 Å². The third-order valence-corrected chi connectivity index (χ3v) is 6.54. The summed E-state index contributed by atoms with van der Waals surface area (Å²) in [4.78, 5) is 59.9. The van der Waals surface area contributed by atoms with Crippen molar-refractivity contribution in [3.05, 3.63) is 82.3 Å². The lowest BCUT2D eigenvalue weighted by atomic mass is 10.1. The highest BCUT2D eigenvalue weighted by Gasteiger charge is 2.25. The fraction of sp³-hybridized carbons (Fsp3) is 0.290. The van der Waals surface area contributed by atoms with Crippen molar-refractivity contribution in [3.8, 4) is 11.3 Å². The highest BCUT2D eigenvalue weighted by Crippen LogP contribution is 2.24. The Hall–Kier alpha value is -5.26. The summed E-state index contributed by atoms with van der Waals surface area (Å²) in [5.41, 5.74) is 7.80. The maximum Gasteiger partial charge on any atom is 0.408 e. The number of anilines is 2. The standard InChI is InChI=1S/C31H35N7O5/c1-6-38-26(32)24(29(41)33-5)25(39)21-13-14-22(36-27(21)38)19-9-11-20(12-10-19)35-28(40)23(16-18-8-7-15-34-17-18)37-30(42)43-31(2,3)4/h7-15,17,23H,6,16,32H2,1-5H3,(H,33,41)(H,35,40)(H,37,42). The van der Waals surface area contributed by atoms with Crippen molar-refractivity contribution in [3.63, 3.8) is 0 Å². The number of pyridine rings is 3. The van der Waals surface area contributed by atoms with Crippen LogP contribution in [0.5, 0.6) is 0 Å². The van der Waals surface area contributed by atoms with E-state index in [0.29, 0.717) is 23.6 Å². The molecule has 0 saturated carbocycles. The summed E-state index contributed by atoms with van der Waals surface area (Å²) < 4.78 is 6.98. The molecule has 12 heteroatoms. The van der Waals surface area contributed by atoms with Crippen molar-refractivity contribution in [1.82, 2.24) is 25.2 Å². The number of alkyl carbamates (subject to hydrolysis) is 1. The molecule has 4 aromatic rings. The van der Waals surface area contributed by atoms with Crippen LogP contribution in [-0.4, -0.2) is 51.1 Å². The van der Waals surface area contributed by atoms with Crippen molar-refractivity contribution in [1.29, 1.82) is 0 Å². The largest absolute Gasteiger partial charge is 0.444 e. The Balaban J connectivity index is 1.58. The van der Waals surface area contributed by atoms with E-state index in [9.17, 15) is 19.2 Å². The summed E-state index contributed by atoms with van der Waals surface area (Å²) in [6.45, 7) is 7.47. The second kappa shape index (κ2) is 12.7. The molecule has 0 aliphatic heterocycles. The molecule has 0 radical (unpaired) electrons. The van der Waals surface area contributed by atoms with E-state index < -0.39 is 35.0 Å². The van der Waals surface area contributed by atoms with Gasteiger partial charge in [-0.2, -0.15) is 0 Å². The number of carbonyl (C=O) groups excluding carboxylic acids is 3. The lowest BCUT2D eigenvalue weighted by molar-refractivity contribution is -0.118. The molecule has 12 nitrogen and oxygen atoms in total. The number of nitrogens with two attached hydrogens (primary N) is 1. The van der Waals surface area contributed by atoms with E-state index in [-0.39, 0.29) is 23.2 Å². The summed E-state index contributed by atoms with van der Waals surface area (Å²) in [5, 5.41) is 8.24. The number of rotatable bonds is 8. The van der Waals surface area contributed by atoms with Gasteiger partial charge in [0.2, 0.25) is 11.3 Å². The summed E-state index contributed by atoms with van der Waals surface area (Å²) in [5.74, 6) is -0.944. The zero-order chi connectivity index (χ0) is 31.3. The van der Waals surface area contributed by atoms with Gasteiger partial charge in [0, 0.05) is 43.7 Å². The Morgan fingerprint density at radius 2 is 1.79 bits per heavy atom. The van der Waals surface area contributed by atoms with E-state index in [2.05, 4.69) is 25.9 Å². The van der Waals surface area contributed by atoms with Gasteiger partial charge >= 0.3 is 6.09 Å². The average Bonchev–Trinajstić information content (AvgIpc) is 2.96. The predicted molar refractivity (Wildman–Crippen MR) is 165 cm³/mol. The third kappa shape index (κ3) is 7.15. The Morgan fingerprint density at radius 3 is 2.40 bits per heavy atom. The molecule has 224 valence electrons. The second-order valence-corrected chi connectivity index (χ2v) is 10.8. The first kappa shape index (κ1) is 30.7. The van der Waals surface area contributed by atoms with Crippen LogP contribution in [0.2, 0.25) is 0 Å². The van der Waals surface area contributed by atoms with Gasteiger partial charge in [-0.25, -0.2) is 9.78 Å². The molecule has 0 bridgehead atoms. The van der Waals surface area contributed by atoms with Crippen molar-refractivity contribution in [2.45, 2.75) is 52.3 Å². The second-order valence-electron chi connectivity index (χ2n) is 10.8. The average molecular weight is 586 g/mol. The zero-order valence-corrected chi connectivity index (χ0v) is 24.7. The normalized spacial score (nSPS) is 11.9. The van der Waals surface area contributed by atoms with Crippen LogP contribution >= 0.6 is 0 Å². The van der Waals surface area contributed by atoms with Crippen LogP contribution in [0.25, 0.3) is 22.3 Å². The van der Waals surface area contributed by atoms with Crippen LogP contribution < -0.4 is 27.1 Å². The van der Waals surface area contributed by atoms with E-state index >= 15 is 0 Å². The molecule has 43 heavy (non-hydrogen) atoms. The molecule has 0 spiro atoms. The number of amides is 3. The number of nitrogens with one attached hydrogen (secondary N) is 3. The van der Waals surface area contributed by atoms with Crippen LogP contribution in [0, 0.1) is 0 Å². The van der Waals surface area contributed by atoms with E-state index in [1.165, 1.54) is 7.05 Å². The topological polar surface area (TPSA) is 170 Å². The molecule has 3 heterocycles. The zero-order valence-electron chi connectivity index (χ0n) is 24.7. The van der Waals surface area contributed by atoms with Crippen LogP contribution in [0.4, 0.5) is 16.3 Å². The maximum atomic E-state index is 13.3. The Bertz CT molecular complexity index is 1710. The van der Waals surface area contributed by atoms with E-state index in [4.69, 9.17) is 10.5 Å². The summed E-state index contributed by atoms with van der Waals surface area (Å²) in [7, 11) is 1.44. The minimum atomic E-state index is -0.920. The quantitative estimate of drug-likeness (QED) is 0.243. The number of aromatic nitrogens is 3. The highest BCUT2D eigenvalue weighted by molar-refractivity contribution is 6.01. The molecule has 3 amide bonds. The summed E-state index contributed by atoms with van der Waals surface area (Å²) in [6.07, 6.45) is 2.77. The fourth-order valence-corrected chi connectivity index (χ4v) is 4.52. The number of ether oxygens (including phenoxy) is 1. The Labute approximate surface area is 248 Å². The van der Waals surface area contributed by atoms with Gasteiger partial charge in [0.15, 0.2) is 0 Å². The van der Waals surface area contributed by atoms with Gasteiger partial charge < -0.3 is 31.0 Å². The van der Waals surface area contributed by atoms with Crippen LogP contribution in [0.1, 0.15) is 43.6 Å². The SMILES string of the molecule is CCn1c(N)c(C(=O)NC)c(=O)c2ccc(-c3ccc(NC(=O)C(Cc4cccnc4)NC(=O)OC(C)(C)C)cc3)nc21. The van der Waals surface area contributed by atoms with Gasteiger partial charge in [0.25, 0.3) is 5.91 Å². The predicted octanol–water partition coefficient (Wildman–Crippen LogP) is 3.49. The minimum absolute atomic E-state index is 0.0443. The third-order valence-electron chi connectivity index (χ3n) is 6.54. The van der Waals surface area contributed by atoms with E-state index in [1.54, 1.807) is 80.2 Å². The molecular weight excluding hydrogens is 550 g/mol. The lowest BCUT2D eigenvalue weighted by Gasteiger charge is -2.23. The summed E-state index contributed by atoms with van der Waals surface area (Å²) in [6, 6.07) is 12.9. The van der Waals surface area contributed by atoms with Gasteiger partial charge in [-0.3, -0.25) is 19.4 Å². The van der Waals surface area contributed by atoms with Crippen molar-refractivity contribution in [2.24, 2.45) is 0 Å². The fourth-order valence-electron chi connectivity index (χ4n) is 4.52. The Kier molecular flexibility index (Phi) is 9.08. The van der Waals surface area contributed by atoms with Gasteiger partial charge in [-0.15, -0.1) is 0 Å². The maximum absolute atomic E-state index is 13.3. The molecule has 1 atom stereocenters. The number of nitrogen functional groups attached to an aromatic ring is 1. The first-order valence-corrected chi connectivity index (χ1v) is 13.8. The molecule has 3 aromatic heterocycles. The lowest BCUT2D eigenvalue weighted by Crippen LogP contribution is -2.47. The van der Waals surface area contributed by atoms with Gasteiger partial charge in [-0.05, 0) is 63.6 Å². The van der Waals surface area contributed by atoms with Crippen LogP contribution in [0.15, 0.2) is 65.7 Å². The number of nitrogens with zero attached hydrogens (tertiary/aromatic N) is 3. The molecule has 0 aliphatic carbocycles.